The number of nitrogens with one attached hydrogen (secondary N) is 2. The van der Waals surface area contributed by atoms with E-state index in [2.05, 4.69) is 17.6 Å². The van der Waals surface area contributed by atoms with E-state index in [-0.39, 0.29) is 23.3 Å². The van der Waals surface area contributed by atoms with Crippen molar-refractivity contribution in [3.05, 3.63) is 23.8 Å². The predicted molar refractivity (Wildman–Crippen MR) is 74.3 cm³/mol. The molecule has 6 heteroatoms. The number of hydrogen-bond acceptors (Lipinski definition) is 3. The lowest BCUT2D eigenvalue weighted by molar-refractivity contribution is 0.0698. The second kappa shape index (κ2) is 5.81. The molecule has 1 aliphatic carbocycles. The van der Waals surface area contributed by atoms with Crippen molar-refractivity contribution < 1.29 is 19.4 Å². The number of amides is 2. The highest BCUT2D eigenvalue weighted by Crippen LogP contribution is 2.33. The van der Waals surface area contributed by atoms with E-state index in [1.165, 1.54) is 19.2 Å². The highest BCUT2D eigenvalue weighted by Gasteiger charge is 2.36. The van der Waals surface area contributed by atoms with Crippen LogP contribution in [-0.4, -0.2) is 30.3 Å². The maximum Gasteiger partial charge on any atom is 0.337 e. The summed E-state index contributed by atoms with van der Waals surface area (Å²) >= 11 is 0. The van der Waals surface area contributed by atoms with Gasteiger partial charge in [0.15, 0.2) is 0 Å². The first-order valence-corrected chi connectivity index (χ1v) is 6.54. The third-order valence-electron chi connectivity index (χ3n) is 3.47. The van der Waals surface area contributed by atoms with Crippen LogP contribution in [0.15, 0.2) is 18.2 Å². The van der Waals surface area contributed by atoms with Gasteiger partial charge in [0.2, 0.25) is 0 Å². The summed E-state index contributed by atoms with van der Waals surface area (Å²) in [7, 11) is 1.48. The molecule has 1 saturated carbocycles. The molecule has 0 bridgehead atoms. The third kappa shape index (κ3) is 3.20. The quantitative estimate of drug-likeness (QED) is 0.771. The van der Waals surface area contributed by atoms with Crippen LogP contribution >= 0.6 is 0 Å². The molecule has 0 aromatic heterocycles. The lowest BCUT2D eigenvalue weighted by Crippen LogP contribution is -2.32. The van der Waals surface area contributed by atoms with E-state index in [1.54, 1.807) is 6.07 Å². The van der Waals surface area contributed by atoms with Gasteiger partial charge in [-0.15, -0.1) is 0 Å². The summed E-state index contributed by atoms with van der Waals surface area (Å²) in [5, 5.41) is 14.5. The van der Waals surface area contributed by atoms with Crippen LogP contribution in [0.2, 0.25) is 0 Å². The summed E-state index contributed by atoms with van der Waals surface area (Å²) in [4.78, 5) is 23.0. The van der Waals surface area contributed by atoms with Gasteiger partial charge >= 0.3 is 12.0 Å². The highest BCUT2D eigenvalue weighted by molar-refractivity contribution is 6.00. The molecule has 2 atom stereocenters. The molecule has 1 aromatic carbocycles. The Balaban J connectivity index is 2.07. The zero-order valence-corrected chi connectivity index (χ0v) is 11.5. The van der Waals surface area contributed by atoms with Crippen molar-refractivity contribution in [1.82, 2.24) is 5.32 Å². The smallest absolute Gasteiger partial charge is 0.337 e. The van der Waals surface area contributed by atoms with E-state index in [1.807, 2.05) is 0 Å². The van der Waals surface area contributed by atoms with E-state index in [0.29, 0.717) is 11.7 Å². The number of carbonyl (C=O) groups excluding carboxylic acids is 1. The van der Waals surface area contributed by atoms with Gasteiger partial charge in [0.1, 0.15) is 5.75 Å². The van der Waals surface area contributed by atoms with Gasteiger partial charge in [-0.25, -0.2) is 9.59 Å². The van der Waals surface area contributed by atoms with Gasteiger partial charge in [0.05, 0.1) is 18.4 Å². The first kappa shape index (κ1) is 14.2. The molecule has 1 aliphatic rings. The number of ether oxygens (including phenoxy) is 1. The van der Waals surface area contributed by atoms with E-state index in [0.717, 1.165) is 12.8 Å². The number of carboxylic acids is 1. The largest absolute Gasteiger partial charge is 0.497 e. The van der Waals surface area contributed by atoms with E-state index < -0.39 is 5.97 Å². The van der Waals surface area contributed by atoms with Crippen molar-refractivity contribution in [3.8, 4) is 5.75 Å². The molecule has 6 nitrogen and oxygen atoms in total. The summed E-state index contributed by atoms with van der Waals surface area (Å²) in [6, 6.07) is 4.25. The number of benzene rings is 1. The normalized spacial score (nSPS) is 20.1. The van der Waals surface area contributed by atoms with Gasteiger partial charge in [-0.05, 0) is 24.5 Å². The fraction of sp³-hybridized carbons (Fsp3) is 0.429. The van der Waals surface area contributed by atoms with Crippen LogP contribution in [0.25, 0.3) is 0 Å². The van der Waals surface area contributed by atoms with Gasteiger partial charge in [-0.3, -0.25) is 0 Å². The highest BCUT2D eigenvalue weighted by atomic mass is 16.5. The average molecular weight is 278 g/mol. The number of carboxylic acid groups (broad SMARTS) is 1. The van der Waals surface area contributed by atoms with Gasteiger partial charge in [-0.2, -0.15) is 0 Å². The maximum absolute atomic E-state index is 11.8. The lowest BCUT2D eigenvalue weighted by atomic mass is 10.1. The third-order valence-corrected chi connectivity index (χ3v) is 3.47. The molecule has 2 rings (SSSR count). The molecule has 1 aromatic rings. The van der Waals surface area contributed by atoms with E-state index in [4.69, 9.17) is 9.84 Å². The average Bonchev–Trinajstić information content (AvgIpc) is 3.16. The first-order chi connectivity index (χ1) is 9.55. The summed E-state index contributed by atoms with van der Waals surface area (Å²) in [6.45, 7) is 2.08. The van der Waals surface area contributed by atoms with E-state index in [9.17, 15) is 9.59 Å². The minimum Gasteiger partial charge on any atom is -0.497 e. The molecule has 20 heavy (non-hydrogen) atoms. The van der Waals surface area contributed by atoms with Crippen LogP contribution in [0.5, 0.6) is 5.75 Å². The number of carbonyl (C=O) groups is 2. The number of hydrogen-bond donors (Lipinski definition) is 3. The molecule has 0 saturated heterocycles. The topological polar surface area (TPSA) is 87.7 Å². The molecular formula is C14H18N2O4. The van der Waals surface area contributed by atoms with Gasteiger partial charge < -0.3 is 20.5 Å². The number of urea groups is 1. The Morgan fingerprint density at radius 3 is 2.75 bits per heavy atom. The standard InChI is InChI=1S/C14H18N2O4/c1-3-8-6-11(8)15-14(19)16-12-7-9(20-2)4-5-10(12)13(17)18/h4-5,7-8,11H,3,6H2,1-2H3,(H,17,18)(H2,15,16,19). The number of aromatic carboxylic acids is 1. The molecule has 1 fully saturated rings. The van der Waals surface area contributed by atoms with Crippen molar-refractivity contribution >= 4 is 17.7 Å². The van der Waals surface area contributed by atoms with Crippen LogP contribution in [0, 0.1) is 5.92 Å². The second-order valence-electron chi connectivity index (χ2n) is 4.83. The molecular weight excluding hydrogens is 260 g/mol. The summed E-state index contributed by atoms with van der Waals surface area (Å²) in [5.41, 5.74) is 0.256. The summed E-state index contributed by atoms with van der Waals surface area (Å²) < 4.78 is 5.03. The van der Waals surface area contributed by atoms with Crippen molar-refractivity contribution in [2.45, 2.75) is 25.8 Å². The van der Waals surface area contributed by atoms with Gasteiger partial charge in [0, 0.05) is 12.1 Å². The molecule has 2 amide bonds. The molecule has 0 radical (unpaired) electrons. The number of methoxy groups -OCH3 is 1. The monoisotopic (exact) mass is 278 g/mol. The minimum atomic E-state index is -1.10. The number of anilines is 1. The van der Waals surface area contributed by atoms with Crippen LogP contribution in [0.4, 0.5) is 10.5 Å². The molecule has 0 heterocycles. The minimum absolute atomic E-state index is 0.0313. The summed E-state index contributed by atoms with van der Waals surface area (Å²) in [5.74, 6) is -0.0750. The van der Waals surface area contributed by atoms with Crippen molar-refractivity contribution in [3.63, 3.8) is 0 Å². The van der Waals surface area contributed by atoms with Crippen LogP contribution in [0.1, 0.15) is 30.1 Å². The SMILES string of the molecule is CCC1CC1NC(=O)Nc1cc(OC)ccc1C(=O)O. The molecule has 0 aliphatic heterocycles. The van der Waals surface area contributed by atoms with Gasteiger partial charge in [0.25, 0.3) is 0 Å². The predicted octanol–water partition coefficient (Wildman–Crippen LogP) is 2.31. The Morgan fingerprint density at radius 1 is 1.45 bits per heavy atom. The van der Waals surface area contributed by atoms with Crippen LogP contribution < -0.4 is 15.4 Å². The zero-order chi connectivity index (χ0) is 14.7. The molecule has 108 valence electrons. The zero-order valence-electron chi connectivity index (χ0n) is 11.5. The Labute approximate surface area is 117 Å². The van der Waals surface area contributed by atoms with Crippen molar-refractivity contribution in [2.24, 2.45) is 5.92 Å². The van der Waals surface area contributed by atoms with Crippen molar-refractivity contribution in [2.75, 3.05) is 12.4 Å². The Morgan fingerprint density at radius 2 is 2.20 bits per heavy atom. The Hall–Kier alpha value is -2.24. The maximum atomic E-state index is 11.8. The summed E-state index contributed by atoms with van der Waals surface area (Å²) in [6.07, 6.45) is 2.01. The molecule has 0 spiro atoms. The van der Waals surface area contributed by atoms with Crippen LogP contribution in [0.3, 0.4) is 0 Å². The molecule has 3 N–H and O–H groups in total. The van der Waals surface area contributed by atoms with Gasteiger partial charge in [-0.1, -0.05) is 13.3 Å². The Bertz CT molecular complexity index is 530. The Kier molecular flexibility index (Phi) is 4.12. The van der Waals surface area contributed by atoms with E-state index >= 15 is 0 Å². The van der Waals surface area contributed by atoms with Crippen molar-refractivity contribution in [1.29, 1.82) is 0 Å². The molecule has 2 unspecified atom stereocenters. The fourth-order valence-electron chi connectivity index (χ4n) is 2.14. The van der Waals surface area contributed by atoms with Crippen LogP contribution in [-0.2, 0) is 0 Å². The fourth-order valence-corrected chi connectivity index (χ4v) is 2.14. The lowest BCUT2D eigenvalue weighted by Gasteiger charge is -2.11. The first-order valence-electron chi connectivity index (χ1n) is 6.54. The second-order valence-corrected chi connectivity index (χ2v) is 4.83. The number of rotatable bonds is 5.